The fraction of sp³-hybridized carbons (Fsp3) is 0. The number of nitrogens with zero attached hydrogens (tertiary/aromatic N) is 2. The minimum Gasteiger partial charge on any atom is -0.374 e. The van der Waals surface area contributed by atoms with Crippen molar-refractivity contribution in [3.63, 3.8) is 0 Å². The SMILES string of the molecule is NC(=S)N=C(N)N.NC(=S)N=C(N)N. The van der Waals surface area contributed by atoms with Crippen molar-refractivity contribution in [1.82, 2.24) is 0 Å². The second-order valence-electron chi connectivity index (χ2n) is 1.75. The van der Waals surface area contributed by atoms with E-state index in [1.165, 1.54) is 0 Å². The molecule has 0 aliphatic rings. The predicted octanol–water partition coefficient (Wildman–Crippen LogP) is -2.99. The van der Waals surface area contributed by atoms with Gasteiger partial charge in [0, 0.05) is 0 Å². The first-order valence-corrected chi connectivity index (χ1v) is 3.85. The molecule has 0 saturated carbocycles. The van der Waals surface area contributed by atoms with Crippen LogP contribution in [0, 0.1) is 0 Å². The average Bonchev–Trinajstić information content (AvgIpc) is 1.79. The molecule has 0 fully saturated rings. The first-order chi connectivity index (χ1) is 6.25. The maximum absolute atomic E-state index is 4.88. The number of aliphatic imine (C=N–C) groups is 2. The summed E-state index contributed by atoms with van der Waals surface area (Å²) in [6.45, 7) is 0. The molecule has 0 amide bonds. The third-order valence-corrected chi connectivity index (χ3v) is 0.661. The highest BCUT2D eigenvalue weighted by molar-refractivity contribution is 7.80. The Balaban J connectivity index is 0. The molecule has 0 unspecified atom stereocenters. The fourth-order valence-electron chi connectivity index (χ4n) is 0.254. The van der Waals surface area contributed by atoms with Crippen molar-refractivity contribution in [2.45, 2.75) is 0 Å². The Hall–Kier alpha value is -1.68. The van der Waals surface area contributed by atoms with Gasteiger partial charge in [0.05, 0.1) is 0 Å². The summed E-state index contributed by atoms with van der Waals surface area (Å²) in [5.74, 6) is -0.208. The lowest BCUT2D eigenvalue weighted by molar-refractivity contribution is 1.47. The molecule has 0 bridgehead atoms. The van der Waals surface area contributed by atoms with Crippen molar-refractivity contribution in [2.24, 2.45) is 44.4 Å². The van der Waals surface area contributed by atoms with E-state index >= 15 is 0 Å². The molecular formula is C4H12N8S2. The highest BCUT2D eigenvalue weighted by atomic mass is 32.1. The summed E-state index contributed by atoms with van der Waals surface area (Å²) >= 11 is 8.60. The van der Waals surface area contributed by atoms with Gasteiger partial charge in [-0.15, -0.1) is 0 Å². The van der Waals surface area contributed by atoms with Crippen LogP contribution in [0.15, 0.2) is 9.98 Å². The quantitative estimate of drug-likeness (QED) is 0.146. The summed E-state index contributed by atoms with van der Waals surface area (Å²) in [7, 11) is 0. The highest BCUT2D eigenvalue weighted by Crippen LogP contribution is 1.63. The maximum atomic E-state index is 4.88. The summed E-state index contributed by atoms with van der Waals surface area (Å²) < 4.78 is 0. The lowest BCUT2D eigenvalue weighted by Gasteiger charge is -1.84. The minimum absolute atomic E-state index is 0.0417. The molecule has 8 nitrogen and oxygen atoms in total. The van der Waals surface area contributed by atoms with Crippen molar-refractivity contribution >= 4 is 46.6 Å². The molecule has 0 heterocycles. The standard InChI is InChI=1S/2C2H6N4S/c2*3-1(4)6-2(5)7/h2*(H6,3,4,5,6,7). The van der Waals surface area contributed by atoms with E-state index in [1.807, 2.05) is 0 Å². The van der Waals surface area contributed by atoms with Gasteiger partial charge >= 0.3 is 0 Å². The topological polar surface area (TPSA) is 181 Å². The van der Waals surface area contributed by atoms with Gasteiger partial charge in [-0.1, -0.05) is 0 Å². The van der Waals surface area contributed by atoms with Gasteiger partial charge in [-0.25, -0.2) is 0 Å². The molecule has 10 heteroatoms. The number of hydrogen-bond acceptors (Lipinski definition) is 2. The van der Waals surface area contributed by atoms with Crippen LogP contribution in [0.4, 0.5) is 0 Å². The van der Waals surface area contributed by atoms with Crippen LogP contribution in [0.25, 0.3) is 0 Å². The Labute approximate surface area is 91.4 Å². The van der Waals surface area contributed by atoms with Gasteiger partial charge < -0.3 is 34.4 Å². The fourth-order valence-corrected chi connectivity index (χ4v) is 0.465. The van der Waals surface area contributed by atoms with Crippen LogP contribution >= 0.6 is 24.4 Å². The summed E-state index contributed by atoms with van der Waals surface area (Å²) in [4.78, 5) is 6.52. The first-order valence-electron chi connectivity index (χ1n) is 3.03. The zero-order valence-electron chi connectivity index (χ0n) is 7.18. The van der Waals surface area contributed by atoms with Gasteiger partial charge in [-0.05, 0) is 24.4 Å². The molecule has 0 saturated heterocycles. The third-order valence-electron chi connectivity index (χ3n) is 0.479. The Morgan fingerprint density at radius 2 is 0.857 bits per heavy atom. The van der Waals surface area contributed by atoms with Crippen LogP contribution in [-0.4, -0.2) is 22.1 Å². The zero-order chi connectivity index (χ0) is 11.7. The second kappa shape index (κ2) is 7.94. The van der Waals surface area contributed by atoms with Crippen molar-refractivity contribution in [3.8, 4) is 0 Å². The van der Waals surface area contributed by atoms with E-state index in [0.29, 0.717) is 0 Å². The van der Waals surface area contributed by atoms with Crippen LogP contribution in [-0.2, 0) is 0 Å². The molecule has 0 aromatic heterocycles. The van der Waals surface area contributed by atoms with E-state index in [1.54, 1.807) is 0 Å². The van der Waals surface area contributed by atoms with Crippen molar-refractivity contribution < 1.29 is 0 Å². The Bertz CT molecular complexity index is 233. The number of nitrogens with two attached hydrogens (primary N) is 6. The normalized spacial score (nSPS) is 7.43. The van der Waals surface area contributed by atoms with Crippen LogP contribution in [0.2, 0.25) is 0 Å². The molecule has 0 aromatic rings. The molecule has 0 aliphatic carbocycles. The maximum Gasteiger partial charge on any atom is 0.193 e. The van der Waals surface area contributed by atoms with Gasteiger partial charge in [0.2, 0.25) is 0 Å². The van der Waals surface area contributed by atoms with E-state index in [0.717, 1.165) is 0 Å². The van der Waals surface area contributed by atoms with Gasteiger partial charge in [0.1, 0.15) is 0 Å². The molecular weight excluding hydrogens is 224 g/mol. The molecule has 80 valence electrons. The summed E-state index contributed by atoms with van der Waals surface area (Å²) in [6, 6.07) is 0. The Morgan fingerprint density at radius 3 is 0.857 bits per heavy atom. The van der Waals surface area contributed by atoms with Crippen LogP contribution in [0.1, 0.15) is 0 Å². The predicted molar refractivity (Wildman–Crippen MR) is 65.2 cm³/mol. The van der Waals surface area contributed by atoms with Crippen molar-refractivity contribution in [2.75, 3.05) is 0 Å². The summed E-state index contributed by atoms with van der Waals surface area (Å²) in [5, 5.41) is -0.0833. The molecule has 0 aromatic carbocycles. The van der Waals surface area contributed by atoms with E-state index in [2.05, 4.69) is 34.4 Å². The van der Waals surface area contributed by atoms with Gasteiger partial charge in [0.25, 0.3) is 0 Å². The molecule has 12 N–H and O–H groups in total. The van der Waals surface area contributed by atoms with Gasteiger partial charge in [-0.2, -0.15) is 9.98 Å². The van der Waals surface area contributed by atoms with Crippen molar-refractivity contribution in [3.05, 3.63) is 0 Å². The minimum atomic E-state index is -0.104. The molecule has 0 aliphatic heterocycles. The van der Waals surface area contributed by atoms with Crippen LogP contribution in [0.3, 0.4) is 0 Å². The smallest absolute Gasteiger partial charge is 0.193 e. The Kier molecular flexibility index (Phi) is 8.41. The lowest BCUT2D eigenvalue weighted by Crippen LogP contribution is -2.25. The molecule has 0 atom stereocenters. The molecule has 0 radical (unpaired) electrons. The van der Waals surface area contributed by atoms with Crippen LogP contribution in [0.5, 0.6) is 0 Å². The lowest BCUT2D eigenvalue weighted by atomic mass is 11.0. The third kappa shape index (κ3) is 22.4. The van der Waals surface area contributed by atoms with Gasteiger partial charge in [0.15, 0.2) is 22.1 Å². The van der Waals surface area contributed by atoms with Gasteiger partial charge in [-0.3, -0.25) is 0 Å². The first kappa shape index (κ1) is 14.8. The van der Waals surface area contributed by atoms with E-state index in [4.69, 9.17) is 34.4 Å². The zero-order valence-corrected chi connectivity index (χ0v) is 8.81. The molecule has 14 heavy (non-hydrogen) atoms. The van der Waals surface area contributed by atoms with E-state index < -0.39 is 0 Å². The number of hydrogen-bond donors (Lipinski definition) is 6. The van der Waals surface area contributed by atoms with E-state index in [-0.39, 0.29) is 22.1 Å². The largest absolute Gasteiger partial charge is 0.374 e. The summed E-state index contributed by atoms with van der Waals surface area (Å²) in [6.07, 6.45) is 0. The monoisotopic (exact) mass is 236 g/mol. The highest BCUT2D eigenvalue weighted by Gasteiger charge is 1.78. The second-order valence-corrected chi connectivity index (χ2v) is 2.59. The summed E-state index contributed by atoms with van der Waals surface area (Å²) in [5.41, 5.74) is 29.2. The number of thiocarbonyl (C=S) groups is 2. The molecule has 0 rings (SSSR count). The Morgan fingerprint density at radius 1 is 0.643 bits per heavy atom. The molecule has 0 spiro atoms. The van der Waals surface area contributed by atoms with Crippen LogP contribution < -0.4 is 34.4 Å². The average molecular weight is 236 g/mol. The van der Waals surface area contributed by atoms with E-state index in [9.17, 15) is 0 Å². The number of guanidine groups is 2. The van der Waals surface area contributed by atoms with Crippen molar-refractivity contribution in [1.29, 1.82) is 0 Å². The number of rotatable bonds is 0.